The van der Waals surface area contributed by atoms with Crippen molar-refractivity contribution in [3.05, 3.63) is 41.8 Å². The Bertz CT molecular complexity index is 883. The van der Waals surface area contributed by atoms with Gasteiger partial charge in [0.1, 0.15) is 11.6 Å². The molecule has 1 aliphatic rings. The molecule has 6 heteroatoms. The van der Waals surface area contributed by atoms with E-state index < -0.39 is 0 Å². The third kappa shape index (κ3) is 3.09. The number of anilines is 1. The summed E-state index contributed by atoms with van der Waals surface area (Å²) in [5, 5.41) is 12.6. The van der Waals surface area contributed by atoms with Crippen molar-refractivity contribution < 1.29 is 9.15 Å². The fourth-order valence-electron chi connectivity index (χ4n) is 3.40. The highest BCUT2D eigenvalue weighted by atomic mass is 16.5. The highest BCUT2D eigenvalue weighted by Gasteiger charge is 2.21. The molecular formula is C19H24N4O2. The van der Waals surface area contributed by atoms with Gasteiger partial charge in [0.25, 0.3) is 0 Å². The van der Waals surface area contributed by atoms with E-state index in [1.54, 1.807) is 7.11 Å². The molecule has 25 heavy (non-hydrogen) atoms. The maximum Gasteiger partial charge on any atom is 0.176 e. The van der Waals surface area contributed by atoms with Crippen molar-refractivity contribution in [2.24, 2.45) is 5.92 Å². The minimum Gasteiger partial charge on any atom is -0.493 e. The second-order valence-electron chi connectivity index (χ2n) is 6.76. The lowest BCUT2D eigenvalue weighted by Gasteiger charge is -2.26. The summed E-state index contributed by atoms with van der Waals surface area (Å²) in [5.74, 6) is 3.31. The van der Waals surface area contributed by atoms with Crippen LogP contribution in [0.25, 0.3) is 11.0 Å². The van der Waals surface area contributed by atoms with Gasteiger partial charge in [-0.15, -0.1) is 0 Å². The Kier molecular flexibility index (Phi) is 4.13. The van der Waals surface area contributed by atoms with Crippen LogP contribution < -0.4 is 15.4 Å². The van der Waals surface area contributed by atoms with E-state index in [-0.39, 0.29) is 6.04 Å². The van der Waals surface area contributed by atoms with Gasteiger partial charge in [0.15, 0.2) is 11.3 Å². The quantitative estimate of drug-likeness (QED) is 0.746. The van der Waals surface area contributed by atoms with E-state index >= 15 is 0 Å². The molecule has 3 heterocycles. The van der Waals surface area contributed by atoms with Crippen molar-refractivity contribution >= 4 is 16.8 Å². The molecular weight excluding hydrogens is 316 g/mol. The van der Waals surface area contributed by atoms with E-state index in [1.807, 2.05) is 25.1 Å². The van der Waals surface area contributed by atoms with Gasteiger partial charge in [-0.25, -0.2) is 4.68 Å². The number of fused-ring (bicyclic) bond motifs is 2. The topological polar surface area (TPSA) is 64.2 Å². The Hall–Kier alpha value is -2.47. The number of furan rings is 1. The average molecular weight is 340 g/mol. The number of methoxy groups -OCH3 is 1. The van der Waals surface area contributed by atoms with Gasteiger partial charge in [-0.2, -0.15) is 5.10 Å². The summed E-state index contributed by atoms with van der Waals surface area (Å²) < 4.78 is 13.5. The zero-order valence-corrected chi connectivity index (χ0v) is 14.9. The molecule has 3 aromatic rings. The van der Waals surface area contributed by atoms with Crippen LogP contribution in [0.5, 0.6) is 5.75 Å². The summed E-state index contributed by atoms with van der Waals surface area (Å²) in [6.45, 7) is 6.95. The summed E-state index contributed by atoms with van der Waals surface area (Å²) in [6, 6.07) is 10.3. The van der Waals surface area contributed by atoms with Crippen LogP contribution in [0.15, 0.2) is 34.7 Å². The van der Waals surface area contributed by atoms with Crippen LogP contribution in [0.3, 0.4) is 0 Å². The smallest absolute Gasteiger partial charge is 0.176 e. The lowest BCUT2D eigenvalue weighted by atomic mass is 10.1. The van der Waals surface area contributed by atoms with Gasteiger partial charge >= 0.3 is 0 Å². The second kappa shape index (κ2) is 6.44. The van der Waals surface area contributed by atoms with E-state index in [4.69, 9.17) is 9.15 Å². The first-order valence-corrected chi connectivity index (χ1v) is 8.72. The van der Waals surface area contributed by atoms with Crippen molar-refractivity contribution in [1.29, 1.82) is 0 Å². The average Bonchev–Trinajstić information content (AvgIpc) is 3.21. The lowest BCUT2D eigenvalue weighted by molar-refractivity contribution is 0.357. The standard InChI is InChI=1S/C19H24N4O2/c1-12-7-18-21-10-14(11-23(18)22-12)9-20-13(2)17-8-15-5-4-6-16(24-3)19(15)25-17/h4-8,13-14,20-21H,9-11H2,1-3H3/t13-,14-/m1/s1. The molecule has 2 aromatic heterocycles. The number of benzene rings is 1. The fraction of sp³-hybridized carbons (Fsp3) is 0.421. The number of aryl methyl sites for hydroxylation is 1. The molecule has 1 aliphatic heterocycles. The number of nitrogens with zero attached hydrogens (tertiary/aromatic N) is 2. The third-order valence-corrected chi connectivity index (χ3v) is 4.79. The molecule has 0 bridgehead atoms. The van der Waals surface area contributed by atoms with Crippen molar-refractivity contribution in [3.8, 4) is 5.75 Å². The highest BCUT2D eigenvalue weighted by Crippen LogP contribution is 2.31. The first-order valence-electron chi connectivity index (χ1n) is 8.72. The van der Waals surface area contributed by atoms with Crippen LogP contribution in [0, 0.1) is 12.8 Å². The Morgan fingerprint density at radius 2 is 2.32 bits per heavy atom. The fourth-order valence-corrected chi connectivity index (χ4v) is 3.40. The zero-order chi connectivity index (χ0) is 17.4. The molecule has 2 N–H and O–H groups in total. The first-order chi connectivity index (χ1) is 12.1. The summed E-state index contributed by atoms with van der Waals surface area (Å²) in [7, 11) is 1.67. The van der Waals surface area contributed by atoms with E-state index in [2.05, 4.69) is 39.5 Å². The molecule has 6 nitrogen and oxygen atoms in total. The first kappa shape index (κ1) is 16.0. The number of rotatable bonds is 5. The van der Waals surface area contributed by atoms with Crippen molar-refractivity contribution in [2.75, 3.05) is 25.5 Å². The molecule has 1 aromatic carbocycles. The molecule has 0 amide bonds. The maximum absolute atomic E-state index is 6.03. The van der Waals surface area contributed by atoms with E-state index in [0.717, 1.165) is 53.6 Å². The number of para-hydroxylation sites is 1. The number of aromatic nitrogens is 2. The van der Waals surface area contributed by atoms with Gasteiger partial charge in [0.2, 0.25) is 0 Å². The van der Waals surface area contributed by atoms with Gasteiger partial charge in [0.05, 0.1) is 18.8 Å². The van der Waals surface area contributed by atoms with Crippen LogP contribution in [-0.4, -0.2) is 30.0 Å². The van der Waals surface area contributed by atoms with Crippen molar-refractivity contribution in [1.82, 2.24) is 15.1 Å². The number of hydrogen-bond donors (Lipinski definition) is 2. The molecule has 0 fully saturated rings. The maximum atomic E-state index is 6.03. The molecule has 0 unspecified atom stereocenters. The van der Waals surface area contributed by atoms with Gasteiger partial charge in [-0.1, -0.05) is 12.1 Å². The predicted molar refractivity (Wildman–Crippen MR) is 98.1 cm³/mol. The minimum atomic E-state index is 0.137. The Morgan fingerprint density at radius 3 is 3.16 bits per heavy atom. The minimum absolute atomic E-state index is 0.137. The van der Waals surface area contributed by atoms with Gasteiger partial charge in [-0.05, 0) is 26.0 Å². The molecule has 132 valence electrons. The summed E-state index contributed by atoms with van der Waals surface area (Å²) in [5.41, 5.74) is 1.87. The zero-order valence-electron chi connectivity index (χ0n) is 14.9. The summed E-state index contributed by atoms with van der Waals surface area (Å²) in [6.07, 6.45) is 0. The van der Waals surface area contributed by atoms with Crippen molar-refractivity contribution in [3.63, 3.8) is 0 Å². The summed E-state index contributed by atoms with van der Waals surface area (Å²) in [4.78, 5) is 0. The number of nitrogens with one attached hydrogen (secondary N) is 2. The van der Waals surface area contributed by atoms with Crippen LogP contribution in [0.1, 0.15) is 24.4 Å². The normalized spacial score (nSPS) is 18.0. The lowest BCUT2D eigenvalue weighted by Crippen LogP contribution is -2.36. The SMILES string of the molecule is COc1cccc2cc([C@@H](C)NC[C@@H]3CNc4cc(C)nn4C3)oc12. The van der Waals surface area contributed by atoms with Crippen LogP contribution >= 0.6 is 0 Å². The Morgan fingerprint density at radius 1 is 1.44 bits per heavy atom. The van der Waals surface area contributed by atoms with Gasteiger partial charge in [-0.3, -0.25) is 0 Å². The van der Waals surface area contributed by atoms with E-state index in [9.17, 15) is 0 Å². The van der Waals surface area contributed by atoms with Crippen LogP contribution in [0.4, 0.5) is 5.82 Å². The second-order valence-corrected chi connectivity index (χ2v) is 6.76. The predicted octanol–water partition coefficient (Wildman–Crippen LogP) is 3.34. The molecule has 0 spiro atoms. The molecule has 0 aliphatic carbocycles. The van der Waals surface area contributed by atoms with Crippen LogP contribution in [0.2, 0.25) is 0 Å². The molecule has 0 radical (unpaired) electrons. The molecule has 2 atom stereocenters. The molecule has 4 rings (SSSR count). The summed E-state index contributed by atoms with van der Waals surface area (Å²) >= 11 is 0. The number of ether oxygens (including phenoxy) is 1. The highest BCUT2D eigenvalue weighted by molar-refractivity contribution is 5.83. The Labute approximate surface area is 147 Å². The van der Waals surface area contributed by atoms with E-state index in [1.165, 1.54) is 0 Å². The number of hydrogen-bond acceptors (Lipinski definition) is 5. The third-order valence-electron chi connectivity index (χ3n) is 4.79. The Balaban J connectivity index is 1.42. The van der Waals surface area contributed by atoms with E-state index in [0.29, 0.717) is 5.92 Å². The van der Waals surface area contributed by atoms with Gasteiger partial charge < -0.3 is 19.8 Å². The van der Waals surface area contributed by atoms with Gasteiger partial charge in [0, 0.05) is 37.0 Å². The molecule has 0 saturated heterocycles. The van der Waals surface area contributed by atoms with Crippen molar-refractivity contribution in [2.45, 2.75) is 26.4 Å². The largest absolute Gasteiger partial charge is 0.493 e. The monoisotopic (exact) mass is 340 g/mol. The molecule has 0 saturated carbocycles. The van der Waals surface area contributed by atoms with Crippen LogP contribution in [-0.2, 0) is 6.54 Å².